The van der Waals surface area contributed by atoms with E-state index >= 15 is 0 Å². The van der Waals surface area contributed by atoms with E-state index in [9.17, 15) is 0 Å². The maximum atomic E-state index is 6.28. The minimum atomic E-state index is 0.220. The maximum Gasteiger partial charge on any atom is 0.117 e. The maximum absolute atomic E-state index is 6.28. The van der Waals surface area contributed by atoms with Crippen LogP contribution in [0.1, 0.15) is 64.1 Å². The summed E-state index contributed by atoms with van der Waals surface area (Å²) < 4.78 is 5.60. The van der Waals surface area contributed by atoms with E-state index in [0.29, 0.717) is 0 Å². The van der Waals surface area contributed by atoms with Gasteiger partial charge in [0.05, 0.1) is 12.8 Å². The Balaban J connectivity index is 1.70. The molecule has 3 rings (SSSR count). The van der Waals surface area contributed by atoms with Gasteiger partial charge in [-0.25, -0.2) is 0 Å². The van der Waals surface area contributed by atoms with Crippen molar-refractivity contribution in [3.63, 3.8) is 0 Å². The lowest BCUT2D eigenvalue weighted by Gasteiger charge is -2.48. The van der Waals surface area contributed by atoms with Crippen LogP contribution in [0, 0.1) is 5.92 Å². The average Bonchev–Trinajstić information content (AvgIpc) is 3.23. The Labute approximate surface area is 128 Å². The summed E-state index contributed by atoms with van der Waals surface area (Å²) >= 11 is 0. The first kappa shape index (κ1) is 15.1. The molecule has 1 aromatic rings. The van der Waals surface area contributed by atoms with Crippen LogP contribution in [0.5, 0.6) is 0 Å². The van der Waals surface area contributed by atoms with Crippen LogP contribution in [0.25, 0.3) is 0 Å². The lowest BCUT2D eigenvalue weighted by Crippen LogP contribution is -2.56. The molecule has 0 amide bonds. The number of furan rings is 1. The van der Waals surface area contributed by atoms with E-state index in [2.05, 4.69) is 17.9 Å². The van der Waals surface area contributed by atoms with E-state index in [1.165, 1.54) is 51.4 Å². The van der Waals surface area contributed by atoms with Crippen LogP contribution >= 0.6 is 0 Å². The minimum absolute atomic E-state index is 0.220. The van der Waals surface area contributed by atoms with Crippen LogP contribution in [0.3, 0.4) is 0 Å². The van der Waals surface area contributed by atoms with E-state index in [-0.39, 0.29) is 5.54 Å². The smallest absolute Gasteiger partial charge is 0.117 e. The molecule has 2 saturated carbocycles. The molecule has 1 heterocycles. The molecule has 0 aliphatic heterocycles. The zero-order valence-electron chi connectivity index (χ0n) is 13.4. The van der Waals surface area contributed by atoms with Crippen LogP contribution in [0.2, 0.25) is 0 Å². The monoisotopic (exact) mass is 290 g/mol. The number of hydrogen-bond donors (Lipinski definition) is 1. The molecule has 0 unspecified atom stereocenters. The second kappa shape index (κ2) is 6.53. The highest BCUT2D eigenvalue weighted by atomic mass is 16.3. The molecule has 118 valence electrons. The highest BCUT2D eigenvalue weighted by molar-refractivity contribution is 5.06. The second-order valence-corrected chi connectivity index (χ2v) is 7.10. The van der Waals surface area contributed by atoms with Crippen molar-refractivity contribution < 1.29 is 4.42 Å². The molecule has 2 N–H and O–H groups in total. The molecule has 1 aromatic heterocycles. The third-order valence-corrected chi connectivity index (χ3v) is 5.62. The summed E-state index contributed by atoms with van der Waals surface area (Å²) in [5.41, 5.74) is 6.50. The van der Waals surface area contributed by atoms with Crippen LogP contribution in [-0.2, 0) is 6.54 Å². The zero-order valence-corrected chi connectivity index (χ0v) is 13.4. The molecule has 0 spiro atoms. The quantitative estimate of drug-likeness (QED) is 0.827. The molecule has 21 heavy (non-hydrogen) atoms. The SMILES string of the molecule is CCCC1CCC(CN)(N(Cc2ccco2)C2CC2)CC1. The van der Waals surface area contributed by atoms with E-state index < -0.39 is 0 Å². The zero-order chi connectivity index (χ0) is 14.7. The van der Waals surface area contributed by atoms with Gasteiger partial charge in [0.1, 0.15) is 5.76 Å². The molecule has 0 bridgehead atoms. The van der Waals surface area contributed by atoms with Crippen molar-refractivity contribution in [1.29, 1.82) is 0 Å². The topological polar surface area (TPSA) is 42.4 Å². The molecular formula is C18H30N2O. The van der Waals surface area contributed by atoms with Gasteiger partial charge >= 0.3 is 0 Å². The van der Waals surface area contributed by atoms with E-state index in [4.69, 9.17) is 10.2 Å². The number of rotatable bonds is 7. The summed E-state index contributed by atoms with van der Waals surface area (Å²) in [4.78, 5) is 2.69. The highest BCUT2D eigenvalue weighted by Gasteiger charge is 2.45. The van der Waals surface area contributed by atoms with Crippen molar-refractivity contribution in [2.45, 2.75) is 76.4 Å². The predicted octanol–water partition coefficient (Wildman–Crippen LogP) is 3.93. The summed E-state index contributed by atoms with van der Waals surface area (Å²) in [7, 11) is 0. The summed E-state index contributed by atoms with van der Waals surface area (Å²) in [6.45, 7) is 4.04. The summed E-state index contributed by atoms with van der Waals surface area (Å²) in [5.74, 6) is 2.02. The molecule has 2 aliphatic carbocycles. The normalized spacial score (nSPS) is 30.0. The second-order valence-electron chi connectivity index (χ2n) is 7.10. The van der Waals surface area contributed by atoms with Gasteiger partial charge in [-0.3, -0.25) is 4.90 Å². The van der Waals surface area contributed by atoms with Gasteiger partial charge in [0, 0.05) is 18.1 Å². The Morgan fingerprint density at radius 1 is 1.29 bits per heavy atom. The van der Waals surface area contributed by atoms with Crippen LogP contribution in [0.4, 0.5) is 0 Å². The fraction of sp³-hybridized carbons (Fsp3) is 0.778. The Morgan fingerprint density at radius 3 is 2.57 bits per heavy atom. The van der Waals surface area contributed by atoms with Gasteiger partial charge in [0.25, 0.3) is 0 Å². The number of hydrogen-bond acceptors (Lipinski definition) is 3. The van der Waals surface area contributed by atoms with Gasteiger partial charge in [-0.1, -0.05) is 19.8 Å². The molecule has 0 aromatic carbocycles. The van der Waals surface area contributed by atoms with Gasteiger partial charge < -0.3 is 10.2 Å². The van der Waals surface area contributed by atoms with Crippen molar-refractivity contribution in [2.75, 3.05) is 6.54 Å². The highest BCUT2D eigenvalue weighted by Crippen LogP contribution is 2.43. The summed E-state index contributed by atoms with van der Waals surface area (Å²) in [6.07, 6.45) is 12.4. The summed E-state index contributed by atoms with van der Waals surface area (Å²) in [5, 5.41) is 0. The van der Waals surface area contributed by atoms with Crippen molar-refractivity contribution in [3.05, 3.63) is 24.2 Å². The minimum Gasteiger partial charge on any atom is -0.468 e. The lowest BCUT2D eigenvalue weighted by atomic mass is 9.74. The molecule has 3 heteroatoms. The summed E-state index contributed by atoms with van der Waals surface area (Å²) in [6, 6.07) is 4.83. The van der Waals surface area contributed by atoms with Gasteiger partial charge in [-0.2, -0.15) is 0 Å². The Bertz CT molecular complexity index is 416. The predicted molar refractivity (Wildman–Crippen MR) is 85.9 cm³/mol. The van der Waals surface area contributed by atoms with Gasteiger partial charge in [0.15, 0.2) is 0 Å². The van der Waals surface area contributed by atoms with Crippen molar-refractivity contribution in [1.82, 2.24) is 4.90 Å². The molecule has 0 radical (unpaired) electrons. The molecule has 3 nitrogen and oxygen atoms in total. The third-order valence-electron chi connectivity index (χ3n) is 5.62. The standard InChI is InChI=1S/C18H30N2O/c1-2-4-15-8-10-18(14-19,11-9-15)20(16-6-7-16)13-17-5-3-12-21-17/h3,5,12,15-16H,2,4,6-11,13-14,19H2,1H3. The van der Waals surface area contributed by atoms with E-state index in [1.807, 2.05) is 6.07 Å². The van der Waals surface area contributed by atoms with Gasteiger partial charge in [-0.05, 0) is 56.6 Å². The van der Waals surface area contributed by atoms with E-state index in [1.54, 1.807) is 6.26 Å². The Kier molecular flexibility index (Phi) is 4.70. The van der Waals surface area contributed by atoms with Gasteiger partial charge in [-0.15, -0.1) is 0 Å². The molecule has 0 saturated heterocycles. The fourth-order valence-corrected chi connectivity index (χ4v) is 4.16. The molecule has 2 aliphatic rings. The van der Waals surface area contributed by atoms with Crippen molar-refractivity contribution in [3.8, 4) is 0 Å². The first-order chi connectivity index (χ1) is 10.3. The van der Waals surface area contributed by atoms with Crippen LogP contribution in [0.15, 0.2) is 22.8 Å². The first-order valence-electron chi connectivity index (χ1n) is 8.76. The lowest BCUT2D eigenvalue weighted by molar-refractivity contribution is 0.0220. The van der Waals surface area contributed by atoms with Crippen LogP contribution < -0.4 is 5.73 Å². The van der Waals surface area contributed by atoms with E-state index in [0.717, 1.165) is 30.8 Å². The first-order valence-corrected chi connectivity index (χ1v) is 8.76. The molecule has 2 fully saturated rings. The Morgan fingerprint density at radius 2 is 2.05 bits per heavy atom. The van der Waals surface area contributed by atoms with Crippen molar-refractivity contribution in [2.24, 2.45) is 11.7 Å². The van der Waals surface area contributed by atoms with Crippen molar-refractivity contribution >= 4 is 0 Å². The molecular weight excluding hydrogens is 260 g/mol. The fourth-order valence-electron chi connectivity index (χ4n) is 4.16. The number of nitrogens with two attached hydrogens (primary N) is 1. The van der Waals surface area contributed by atoms with Gasteiger partial charge in [0.2, 0.25) is 0 Å². The number of nitrogens with zero attached hydrogens (tertiary/aromatic N) is 1. The third kappa shape index (κ3) is 3.35. The largest absolute Gasteiger partial charge is 0.468 e. The average molecular weight is 290 g/mol. The molecule has 0 atom stereocenters. The van der Waals surface area contributed by atoms with Crippen LogP contribution in [-0.4, -0.2) is 23.0 Å². The Hall–Kier alpha value is -0.800.